The maximum absolute atomic E-state index is 11.1. The summed E-state index contributed by atoms with van der Waals surface area (Å²) in [4.78, 5) is 13.5. The topological polar surface area (TPSA) is 41.6 Å². The van der Waals surface area contributed by atoms with E-state index in [9.17, 15) is 4.79 Å². The van der Waals surface area contributed by atoms with Gasteiger partial charge in [-0.1, -0.05) is 13.3 Å². The van der Waals surface area contributed by atoms with E-state index in [1.54, 1.807) is 0 Å². The fourth-order valence-corrected chi connectivity index (χ4v) is 2.23. The van der Waals surface area contributed by atoms with Crippen LogP contribution in [-0.4, -0.2) is 50.2 Å². The Morgan fingerprint density at radius 3 is 3.00 bits per heavy atom. The lowest BCUT2D eigenvalue weighted by atomic mass is 10.0. The molecule has 0 aliphatic carbocycles. The van der Waals surface area contributed by atoms with Gasteiger partial charge in [0.15, 0.2) is 0 Å². The van der Waals surface area contributed by atoms with Gasteiger partial charge in [0.2, 0.25) is 0 Å². The molecule has 1 atom stereocenters. The third-order valence-electron chi connectivity index (χ3n) is 3.21. The van der Waals surface area contributed by atoms with E-state index in [0.29, 0.717) is 12.5 Å². The van der Waals surface area contributed by atoms with Gasteiger partial charge in [0, 0.05) is 19.1 Å². The van der Waals surface area contributed by atoms with Crippen molar-refractivity contribution in [3.05, 3.63) is 0 Å². The number of methoxy groups -OCH3 is 1. The van der Waals surface area contributed by atoms with Crippen LogP contribution in [0.15, 0.2) is 0 Å². The van der Waals surface area contributed by atoms with Crippen LogP contribution in [0.5, 0.6) is 0 Å². The lowest BCUT2D eigenvalue weighted by Gasteiger charge is -2.35. The average molecular weight is 228 g/mol. The number of nitrogens with one attached hydrogen (secondary N) is 1. The molecule has 0 aromatic heterocycles. The number of esters is 1. The van der Waals surface area contributed by atoms with Crippen LogP contribution in [0.3, 0.4) is 0 Å². The fraction of sp³-hybridized carbons (Fsp3) is 0.917. The molecule has 1 aliphatic rings. The summed E-state index contributed by atoms with van der Waals surface area (Å²) in [7, 11) is 1.45. The molecule has 1 unspecified atom stereocenters. The number of rotatable bonds is 6. The summed E-state index contributed by atoms with van der Waals surface area (Å²) in [6, 6.07) is 0.596. The highest BCUT2D eigenvalue weighted by molar-refractivity contribution is 5.69. The van der Waals surface area contributed by atoms with E-state index in [2.05, 4.69) is 21.9 Å². The molecule has 1 fully saturated rings. The van der Waals surface area contributed by atoms with E-state index in [-0.39, 0.29) is 5.97 Å². The molecule has 0 saturated carbocycles. The molecule has 0 aromatic rings. The molecule has 1 aliphatic heterocycles. The number of carbonyl (C=O) groups excluding carboxylic acids is 1. The number of carbonyl (C=O) groups is 1. The van der Waals surface area contributed by atoms with Crippen molar-refractivity contribution in [2.45, 2.75) is 38.6 Å². The standard InChI is InChI=1S/C12H24N2O2/c1-3-13-10-11-6-4-5-8-14(11)9-7-12(15)16-2/h11,13H,3-10H2,1-2H3. The quantitative estimate of drug-likeness (QED) is 0.689. The molecule has 1 N–H and O–H groups in total. The van der Waals surface area contributed by atoms with Crippen molar-refractivity contribution in [2.75, 3.05) is 33.3 Å². The molecular weight excluding hydrogens is 204 g/mol. The number of ether oxygens (including phenoxy) is 1. The Morgan fingerprint density at radius 2 is 2.31 bits per heavy atom. The van der Waals surface area contributed by atoms with Crippen molar-refractivity contribution in [1.29, 1.82) is 0 Å². The SMILES string of the molecule is CCNCC1CCCCN1CCC(=O)OC. The highest BCUT2D eigenvalue weighted by atomic mass is 16.5. The Bertz CT molecular complexity index is 209. The van der Waals surface area contributed by atoms with Crippen LogP contribution in [0.2, 0.25) is 0 Å². The van der Waals surface area contributed by atoms with Gasteiger partial charge in [-0.3, -0.25) is 9.69 Å². The van der Waals surface area contributed by atoms with Crippen molar-refractivity contribution in [2.24, 2.45) is 0 Å². The molecule has 4 nitrogen and oxygen atoms in total. The monoisotopic (exact) mass is 228 g/mol. The summed E-state index contributed by atoms with van der Waals surface area (Å²) < 4.78 is 4.68. The van der Waals surface area contributed by atoms with Crippen molar-refractivity contribution in [3.63, 3.8) is 0 Å². The average Bonchev–Trinajstić information content (AvgIpc) is 2.34. The Hall–Kier alpha value is -0.610. The zero-order valence-corrected chi connectivity index (χ0v) is 10.5. The minimum atomic E-state index is -0.104. The highest BCUT2D eigenvalue weighted by Crippen LogP contribution is 2.16. The van der Waals surface area contributed by atoms with Gasteiger partial charge in [0.25, 0.3) is 0 Å². The van der Waals surface area contributed by atoms with Gasteiger partial charge in [-0.25, -0.2) is 0 Å². The van der Waals surface area contributed by atoms with Crippen LogP contribution >= 0.6 is 0 Å². The lowest BCUT2D eigenvalue weighted by molar-refractivity contribution is -0.141. The van der Waals surface area contributed by atoms with E-state index < -0.39 is 0 Å². The van der Waals surface area contributed by atoms with Gasteiger partial charge in [-0.2, -0.15) is 0 Å². The van der Waals surface area contributed by atoms with Gasteiger partial charge in [0.1, 0.15) is 0 Å². The molecular formula is C12H24N2O2. The van der Waals surface area contributed by atoms with Gasteiger partial charge < -0.3 is 10.1 Å². The van der Waals surface area contributed by atoms with Crippen molar-refractivity contribution in [3.8, 4) is 0 Å². The summed E-state index contributed by atoms with van der Waals surface area (Å²) in [6.45, 7) is 6.14. The predicted octanol–water partition coefficient (Wildman–Crippen LogP) is 1.01. The second-order valence-corrected chi connectivity index (χ2v) is 4.32. The van der Waals surface area contributed by atoms with Crippen LogP contribution < -0.4 is 5.32 Å². The summed E-state index contributed by atoms with van der Waals surface area (Å²) in [5, 5.41) is 3.39. The van der Waals surface area contributed by atoms with E-state index in [1.807, 2.05) is 0 Å². The Morgan fingerprint density at radius 1 is 1.50 bits per heavy atom. The maximum atomic E-state index is 11.1. The number of hydrogen-bond donors (Lipinski definition) is 1. The third-order valence-corrected chi connectivity index (χ3v) is 3.21. The number of nitrogens with zero attached hydrogens (tertiary/aromatic N) is 1. The van der Waals surface area contributed by atoms with E-state index in [4.69, 9.17) is 0 Å². The zero-order chi connectivity index (χ0) is 11.8. The molecule has 0 spiro atoms. The van der Waals surface area contributed by atoms with Crippen molar-refractivity contribution < 1.29 is 9.53 Å². The van der Waals surface area contributed by atoms with Crippen LogP contribution in [0.1, 0.15) is 32.6 Å². The van der Waals surface area contributed by atoms with Crippen LogP contribution in [0.4, 0.5) is 0 Å². The molecule has 1 saturated heterocycles. The minimum Gasteiger partial charge on any atom is -0.469 e. The first-order chi connectivity index (χ1) is 7.77. The molecule has 16 heavy (non-hydrogen) atoms. The number of likely N-dealkylation sites (tertiary alicyclic amines) is 1. The summed E-state index contributed by atoms with van der Waals surface area (Å²) in [5.74, 6) is -0.104. The summed E-state index contributed by atoms with van der Waals surface area (Å²) in [6.07, 6.45) is 4.32. The lowest BCUT2D eigenvalue weighted by Crippen LogP contribution is -2.46. The van der Waals surface area contributed by atoms with Gasteiger partial charge in [0.05, 0.1) is 13.5 Å². The first-order valence-electron chi connectivity index (χ1n) is 6.29. The number of likely N-dealkylation sites (N-methyl/N-ethyl adjacent to an activating group) is 1. The third kappa shape index (κ3) is 4.49. The Balaban J connectivity index is 2.31. The minimum absolute atomic E-state index is 0.104. The molecule has 0 aromatic carbocycles. The normalized spacial score (nSPS) is 22.0. The van der Waals surface area contributed by atoms with Gasteiger partial charge >= 0.3 is 5.97 Å². The summed E-state index contributed by atoms with van der Waals surface area (Å²) >= 11 is 0. The molecule has 0 radical (unpaired) electrons. The first-order valence-corrected chi connectivity index (χ1v) is 6.29. The largest absolute Gasteiger partial charge is 0.469 e. The molecule has 1 heterocycles. The van der Waals surface area contributed by atoms with Gasteiger partial charge in [-0.05, 0) is 25.9 Å². The predicted molar refractivity (Wildman–Crippen MR) is 64.4 cm³/mol. The second-order valence-electron chi connectivity index (χ2n) is 4.32. The van der Waals surface area contributed by atoms with Crippen LogP contribution in [-0.2, 0) is 9.53 Å². The van der Waals surface area contributed by atoms with Crippen LogP contribution in [0, 0.1) is 0 Å². The van der Waals surface area contributed by atoms with E-state index >= 15 is 0 Å². The molecule has 94 valence electrons. The fourth-order valence-electron chi connectivity index (χ4n) is 2.23. The molecule has 1 rings (SSSR count). The Labute approximate surface area is 98.3 Å². The highest BCUT2D eigenvalue weighted by Gasteiger charge is 2.22. The maximum Gasteiger partial charge on any atom is 0.306 e. The molecule has 0 bridgehead atoms. The molecule has 0 amide bonds. The smallest absolute Gasteiger partial charge is 0.306 e. The van der Waals surface area contributed by atoms with Gasteiger partial charge in [-0.15, -0.1) is 0 Å². The summed E-state index contributed by atoms with van der Waals surface area (Å²) in [5.41, 5.74) is 0. The Kier molecular flexibility index (Phi) is 6.42. The van der Waals surface area contributed by atoms with Crippen LogP contribution in [0.25, 0.3) is 0 Å². The number of hydrogen-bond acceptors (Lipinski definition) is 4. The van der Waals surface area contributed by atoms with Crippen molar-refractivity contribution in [1.82, 2.24) is 10.2 Å². The van der Waals surface area contributed by atoms with Crippen molar-refractivity contribution >= 4 is 5.97 Å². The van der Waals surface area contributed by atoms with E-state index in [1.165, 1.54) is 26.4 Å². The first kappa shape index (κ1) is 13.5. The second kappa shape index (κ2) is 7.63. The zero-order valence-electron chi connectivity index (χ0n) is 10.5. The number of piperidine rings is 1. The molecule has 4 heteroatoms. The van der Waals surface area contributed by atoms with E-state index in [0.717, 1.165) is 26.2 Å².